The fourth-order valence-corrected chi connectivity index (χ4v) is 3.63. The molecule has 2 aliphatic carbocycles. The number of hydrogen-bond acceptors (Lipinski definition) is 3. The molecule has 0 aromatic heterocycles. The van der Waals surface area contributed by atoms with Crippen LogP contribution in [0.4, 0.5) is 4.79 Å². The van der Waals surface area contributed by atoms with E-state index in [1.807, 2.05) is 0 Å². The number of rotatable bonds is 4. The first-order chi connectivity index (χ1) is 10.1. The standard InChI is InChI=1S/C15H24N2O4/c18-14(19)10-3-1-2-4-11(10)16-15(20)17-12-7-8-21-13(12)9-5-6-9/h9-13H,1-8H2,(H,18,19)(H2,16,17,20). The van der Waals surface area contributed by atoms with E-state index >= 15 is 0 Å². The normalized spacial score (nSPS) is 36.2. The molecule has 0 spiro atoms. The number of hydrogen-bond donors (Lipinski definition) is 3. The molecule has 6 heteroatoms. The van der Waals surface area contributed by atoms with Crippen molar-refractivity contribution in [2.24, 2.45) is 11.8 Å². The zero-order valence-corrected chi connectivity index (χ0v) is 12.2. The van der Waals surface area contributed by atoms with E-state index in [2.05, 4.69) is 10.6 Å². The Labute approximate surface area is 124 Å². The molecule has 0 aromatic rings. The molecule has 3 aliphatic rings. The second-order valence-corrected chi connectivity index (χ2v) is 6.52. The average molecular weight is 296 g/mol. The maximum absolute atomic E-state index is 12.2. The molecule has 1 aliphatic heterocycles. The van der Waals surface area contributed by atoms with E-state index in [1.165, 1.54) is 12.8 Å². The monoisotopic (exact) mass is 296 g/mol. The number of ether oxygens (including phenoxy) is 1. The van der Waals surface area contributed by atoms with Crippen molar-refractivity contribution in [3.63, 3.8) is 0 Å². The molecule has 4 unspecified atom stereocenters. The minimum Gasteiger partial charge on any atom is -0.481 e. The molecule has 6 nitrogen and oxygen atoms in total. The predicted octanol–water partition coefficient (Wildman–Crippen LogP) is 1.50. The highest BCUT2D eigenvalue weighted by Gasteiger charge is 2.41. The van der Waals surface area contributed by atoms with Crippen LogP contribution in [-0.4, -0.2) is 41.9 Å². The molecular weight excluding hydrogens is 272 g/mol. The van der Waals surface area contributed by atoms with Gasteiger partial charge >= 0.3 is 12.0 Å². The van der Waals surface area contributed by atoms with Crippen LogP contribution in [0.5, 0.6) is 0 Å². The average Bonchev–Trinajstić information content (AvgIpc) is 3.20. The molecule has 118 valence electrons. The van der Waals surface area contributed by atoms with Gasteiger partial charge in [0.05, 0.1) is 18.1 Å². The minimum absolute atomic E-state index is 0.0735. The minimum atomic E-state index is -0.806. The molecule has 2 saturated carbocycles. The summed E-state index contributed by atoms with van der Waals surface area (Å²) < 4.78 is 5.70. The topological polar surface area (TPSA) is 87.7 Å². The van der Waals surface area contributed by atoms with E-state index in [4.69, 9.17) is 4.74 Å². The van der Waals surface area contributed by atoms with Crippen LogP contribution in [0.3, 0.4) is 0 Å². The Balaban J connectivity index is 1.51. The molecule has 21 heavy (non-hydrogen) atoms. The lowest BCUT2D eigenvalue weighted by atomic mass is 9.84. The highest BCUT2D eigenvalue weighted by atomic mass is 16.5. The first kappa shape index (κ1) is 14.6. The lowest BCUT2D eigenvalue weighted by molar-refractivity contribution is -0.143. The van der Waals surface area contributed by atoms with Gasteiger partial charge in [-0.15, -0.1) is 0 Å². The number of aliphatic carboxylic acids is 1. The van der Waals surface area contributed by atoms with Gasteiger partial charge in [0.15, 0.2) is 0 Å². The van der Waals surface area contributed by atoms with Gasteiger partial charge in [-0.25, -0.2) is 4.79 Å². The van der Waals surface area contributed by atoms with Crippen LogP contribution >= 0.6 is 0 Å². The van der Waals surface area contributed by atoms with E-state index in [1.54, 1.807) is 0 Å². The summed E-state index contributed by atoms with van der Waals surface area (Å²) >= 11 is 0. The van der Waals surface area contributed by atoms with Crippen LogP contribution in [0.15, 0.2) is 0 Å². The molecule has 2 amide bonds. The van der Waals surface area contributed by atoms with Gasteiger partial charge in [-0.3, -0.25) is 4.79 Å². The van der Waals surface area contributed by atoms with Gasteiger partial charge in [0, 0.05) is 12.6 Å². The van der Waals surface area contributed by atoms with E-state index < -0.39 is 11.9 Å². The molecule has 0 aromatic carbocycles. The van der Waals surface area contributed by atoms with Crippen molar-refractivity contribution in [1.82, 2.24) is 10.6 Å². The van der Waals surface area contributed by atoms with Crippen LogP contribution in [0, 0.1) is 11.8 Å². The number of carbonyl (C=O) groups excluding carboxylic acids is 1. The largest absolute Gasteiger partial charge is 0.481 e. The van der Waals surface area contributed by atoms with Crippen LogP contribution in [-0.2, 0) is 9.53 Å². The summed E-state index contributed by atoms with van der Waals surface area (Å²) in [4.78, 5) is 23.4. The quantitative estimate of drug-likeness (QED) is 0.733. The second kappa shape index (κ2) is 6.22. The van der Waals surface area contributed by atoms with Gasteiger partial charge in [0.2, 0.25) is 0 Å². The third-order valence-corrected chi connectivity index (χ3v) is 4.94. The molecule has 4 atom stereocenters. The van der Waals surface area contributed by atoms with Crippen molar-refractivity contribution in [3.8, 4) is 0 Å². The summed E-state index contributed by atoms with van der Waals surface area (Å²) in [6.07, 6.45) is 6.68. The van der Waals surface area contributed by atoms with Crippen molar-refractivity contribution in [2.45, 2.75) is 63.1 Å². The summed E-state index contributed by atoms with van der Waals surface area (Å²) in [5.41, 5.74) is 0. The lowest BCUT2D eigenvalue weighted by Crippen LogP contribution is -2.52. The van der Waals surface area contributed by atoms with E-state index in [0.29, 0.717) is 18.9 Å². The van der Waals surface area contributed by atoms with Crippen LogP contribution in [0.25, 0.3) is 0 Å². The van der Waals surface area contributed by atoms with Crippen molar-refractivity contribution in [3.05, 3.63) is 0 Å². The summed E-state index contributed by atoms with van der Waals surface area (Å²) in [5, 5.41) is 15.1. The third kappa shape index (κ3) is 3.48. The zero-order valence-electron chi connectivity index (χ0n) is 12.2. The number of amides is 2. The summed E-state index contributed by atoms with van der Waals surface area (Å²) in [7, 11) is 0. The Bertz CT molecular complexity index is 410. The molecule has 0 bridgehead atoms. The van der Waals surface area contributed by atoms with Gasteiger partial charge < -0.3 is 20.5 Å². The summed E-state index contributed by atoms with van der Waals surface area (Å²) in [6, 6.07) is -0.420. The van der Waals surface area contributed by atoms with Crippen molar-refractivity contribution < 1.29 is 19.4 Å². The zero-order chi connectivity index (χ0) is 14.8. The number of carbonyl (C=O) groups is 2. The first-order valence-electron chi connectivity index (χ1n) is 8.06. The number of carboxylic acid groups (broad SMARTS) is 1. The lowest BCUT2D eigenvalue weighted by Gasteiger charge is -2.30. The molecule has 1 heterocycles. The van der Waals surface area contributed by atoms with E-state index in [-0.39, 0.29) is 24.2 Å². The SMILES string of the molecule is O=C(NC1CCCCC1C(=O)O)NC1CCOC1C1CC1. The highest BCUT2D eigenvalue weighted by Crippen LogP contribution is 2.38. The van der Waals surface area contributed by atoms with Crippen molar-refractivity contribution in [1.29, 1.82) is 0 Å². The molecule has 1 saturated heterocycles. The highest BCUT2D eigenvalue weighted by molar-refractivity contribution is 5.77. The van der Waals surface area contributed by atoms with E-state index in [0.717, 1.165) is 25.7 Å². The summed E-state index contributed by atoms with van der Waals surface area (Å²) in [5.74, 6) is -0.664. The van der Waals surface area contributed by atoms with Gasteiger partial charge in [-0.05, 0) is 38.0 Å². The maximum atomic E-state index is 12.2. The van der Waals surface area contributed by atoms with Crippen LogP contribution in [0.1, 0.15) is 44.9 Å². The maximum Gasteiger partial charge on any atom is 0.315 e. The van der Waals surface area contributed by atoms with Crippen molar-refractivity contribution in [2.75, 3.05) is 6.61 Å². The molecule has 3 fully saturated rings. The Hall–Kier alpha value is -1.30. The predicted molar refractivity (Wildman–Crippen MR) is 75.9 cm³/mol. The summed E-state index contributed by atoms with van der Waals surface area (Å²) in [6.45, 7) is 0.702. The Morgan fingerprint density at radius 1 is 0.952 bits per heavy atom. The smallest absolute Gasteiger partial charge is 0.315 e. The van der Waals surface area contributed by atoms with Gasteiger partial charge in [-0.1, -0.05) is 12.8 Å². The van der Waals surface area contributed by atoms with Crippen molar-refractivity contribution >= 4 is 12.0 Å². The Kier molecular flexibility index (Phi) is 4.33. The van der Waals surface area contributed by atoms with Gasteiger partial charge in [0.25, 0.3) is 0 Å². The number of urea groups is 1. The Morgan fingerprint density at radius 2 is 1.67 bits per heavy atom. The number of nitrogens with one attached hydrogen (secondary N) is 2. The number of carboxylic acids is 1. The Morgan fingerprint density at radius 3 is 2.38 bits per heavy atom. The molecular formula is C15H24N2O4. The second-order valence-electron chi connectivity index (χ2n) is 6.52. The van der Waals surface area contributed by atoms with Gasteiger partial charge in [0.1, 0.15) is 0 Å². The third-order valence-electron chi connectivity index (χ3n) is 4.94. The fourth-order valence-electron chi connectivity index (χ4n) is 3.63. The fraction of sp³-hybridized carbons (Fsp3) is 0.867. The van der Waals surface area contributed by atoms with Crippen LogP contribution in [0.2, 0.25) is 0 Å². The van der Waals surface area contributed by atoms with Gasteiger partial charge in [-0.2, -0.15) is 0 Å². The molecule has 0 radical (unpaired) electrons. The first-order valence-corrected chi connectivity index (χ1v) is 8.06. The molecule has 3 rings (SSSR count). The molecule has 3 N–H and O–H groups in total. The van der Waals surface area contributed by atoms with E-state index in [9.17, 15) is 14.7 Å². The van der Waals surface area contributed by atoms with Crippen LogP contribution < -0.4 is 10.6 Å².